The largest absolute Gasteiger partial charge is 0.480 e. The number of carbonyl (C=O) groups excluding carboxylic acids is 1. The smallest absolute Gasteiger partial charge is 0.326 e. The van der Waals surface area contributed by atoms with Gasteiger partial charge >= 0.3 is 5.97 Å². The van der Waals surface area contributed by atoms with E-state index >= 15 is 0 Å². The molecule has 1 aromatic carbocycles. The van der Waals surface area contributed by atoms with Gasteiger partial charge in [0.05, 0.1) is 0 Å². The number of benzene rings is 1. The fourth-order valence-corrected chi connectivity index (χ4v) is 2.51. The number of carboxylic acid groups (broad SMARTS) is 1. The molecule has 1 aromatic rings. The van der Waals surface area contributed by atoms with Crippen LogP contribution >= 0.6 is 0 Å². The molecule has 0 aliphatic carbocycles. The zero-order chi connectivity index (χ0) is 16.0. The molecule has 1 unspecified atom stereocenters. The fraction of sp³-hybridized carbons (Fsp3) is 0.333. The summed E-state index contributed by atoms with van der Waals surface area (Å²) in [6.45, 7) is 0. The van der Waals surface area contributed by atoms with Crippen LogP contribution in [-0.2, 0) is 40.1 Å². The molecule has 0 saturated heterocycles. The van der Waals surface area contributed by atoms with Gasteiger partial charge in [-0.3, -0.25) is 9.35 Å². The third kappa shape index (κ3) is 7.00. The van der Waals surface area contributed by atoms with E-state index in [4.69, 9.17) is 10.3 Å². The van der Waals surface area contributed by atoms with E-state index in [1.54, 1.807) is 18.2 Å². The molecular formula is C12H16N2O6PdS. The Labute approximate surface area is 141 Å². The number of carboxylic acids is 1. The number of aliphatic carboxylic acids is 1. The van der Waals surface area contributed by atoms with E-state index in [2.05, 4.69) is 0 Å². The van der Waals surface area contributed by atoms with Crippen molar-refractivity contribution in [2.24, 2.45) is 5.73 Å². The Morgan fingerprint density at radius 1 is 1.23 bits per heavy atom. The number of hydrogen-bond acceptors (Lipinski definition) is 5. The molecule has 1 rings (SSSR count). The van der Waals surface area contributed by atoms with Crippen molar-refractivity contribution in [3.63, 3.8) is 0 Å². The number of hydrogen-bond donors (Lipinski definition) is 3. The first-order chi connectivity index (χ1) is 9.70. The number of anilines is 1. The minimum absolute atomic E-state index is 0. The van der Waals surface area contributed by atoms with Crippen molar-refractivity contribution in [2.45, 2.75) is 18.9 Å². The molecule has 0 heterocycles. The topological polar surface area (TPSA) is 138 Å². The Balaban J connectivity index is 0.00000441. The second-order valence-electron chi connectivity index (χ2n) is 4.38. The quantitative estimate of drug-likeness (QED) is 0.397. The first kappa shape index (κ1) is 20.5. The zero-order valence-corrected chi connectivity index (χ0v) is 13.7. The summed E-state index contributed by atoms with van der Waals surface area (Å²) >= 11 is 0. The molecule has 1 amide bonds. The number of amides is 1. The first-order valence-electron chi connectivity index (χ1n) is 5.98. The van der Waals surface area contributed by atoms with E-state index in [0.717, 1.165) is 4.90 Å². The van der Waals surface area contributed by atoms with Crippen molar-refractivity contribution in [1.29, 1.82) is 0 Å². The summed E-state index contributed by atoms with van der Waals surface area (Å²) in [6, 6.07) is 6.57. The van der Waals surface area contributed by atoms with Gasteiger partial charge in [0.1, 0.15) is 11.9 Å². The van der Waals surface area contributed by atoms with Crippen LogP contribution in [0.2, 0.25) is 0 Å². The molecule has 0 radical (unpaired) electrons. The predicted molar refractivity (Wildman–Crippen MR) is 75.2 cm³/mol. The first-order valence-corrected chi connectivity index (χ1v) is 7.59. The van der Waals surface area contributed by atoms with Gasteiger partial charge < -0.3 is 15.7 Å². The maximum Gasteiger partial charge on any atom is 0.326 e. The van der Waals surface area contributed by atoms with Crippen molar-refractivity contribution in [1.82, 2.24) is 0 Å². The van der Waals surface area contributed by atoms with Crippen LogP contribution in [0.5, 0.6) is 0 Å². The van der Waals surface area contributed by atoms with Crippen LogP contribution in [0.1, 0.15) is 12.8 Å². The molecule has 0 saturated carbocycles. The summed E-state index contributed by atoms with van der Waals surface area (Å²) in [7, 11) is -4.44. The van der Waals surface area contributed by atoms with E-state index in [1.807, 2.05) is 0 Å². The normalized spacial score (nSPS) is 12.0. The van der Waals surface area contributed by atoms with Gasteiger partial charge in [-0.2, -0.15) is 8.42 Å². The van der Waals surface area contributed by atoms with E-state index in [0.29, 0.717) is 5.69 Å². The molecule has 10 heteroatoms. The summed E-state index contributed by atoms with van der Waals surface area (Å²) < 4.78 is 31.2. The summed E-state index contributed by atoms with van der Waals surface area (Å²) in [5.74, 6) is -2.91. The van der Waals surface area contributed by atoms with Crippen molar-refractivity contribution < 1.29 is 48.1 Å². The Bertz CT molecular complexity index is 607. The number of nitrogens with two attached hydrogens (primary N) is 1. The summed E-state index contributed by atoms with van der Waals surface area (Å²) in [4.78, 5) is 23.2. The molecule has 22 heavy (non-hydrogen) atoms. The molecule has 0 aliphatic rings. The van der Waals surface area contributed by atoms with Crippen molar-refractivity contribution >= 4 is 27.7 Å². The Kier molecular flexibility index (Phi) is 8.26. The summed E-state index contributed by atoms with van der Waals surface area (Å²) in [6.07, 6.45) is -0.388. The van der Waals surface area contributed by atoms with Crippen molar-refractivity contribution in [3.05, 3.63) is 30.3 Å². The number of nitrogens with zero attached hydrogens (tertiary/aromatic N) is 1. The Morgan fingerprint density at radius 2 is 1.77 bits per heavy atom. The third-order valence-corrected chi connectivity index (χ3v) is 3.32. The third-order valence-electron chi connectivity index (χ3n) is 2.72. The molecular weight excluding hydrogens is 407 g/mol. The van der Waals surface area contributed by atoms with Crippen LogP contribution in [-0.4, -0.2) is 41.9 Å². The summed E-state index contributed by atoms with van der Waals surface area (Å²) in [5, 5.41) is 9.24. The van der Waals surface area contributed by atoms with Gasteiger partial charge in [-0.25, -0.2) is 4.79 Å². The number of carbonyl (C=O) groups is 2. The van der Waals surface area contributed by atoms with Gasteiger partial charge in [-0.1, -0.05) is 18.2 Å². The van der Waals surface area contributed by atoms with Gasteiger partial charge in [0, 0.05) is 32.5 Å². The molecule has 1 atom stereocenters. The predicted octanol–water partition coefficient (Wildman–Crippen LogP) is 0.0545. The molecule has 126 valence electrons. The van der Waals surface area contributed by atoms with E-state index in [-0.39, 0.29) is 33.3 Å². The Hall–Kier alpha value is -1.47. The van der Waals surface area contributed by atoms with Crippen LogP contribution < -0.4 is 10.6 Å². The van der Waals surface area contributed by atoms with E-state index < -0.39 is 33.9 Å². The maximum absolute atomic E-state index is 11.3. The Morgan fingerprint density at radius 3 is 2.18 bits per heavy atom. The summed E-state index contributed by atoms with van der Waals surface area (Å²) in [5.41, 5.74) is 5.29. The van der Waals surface area contributed by atoms with Crippen molar-refractivity contribution in [3.8, 4) is 0 Å². The number of rotatable bonds is 8. The van der Waals surface area contributed by atoms with Gasteiger partial charge in [0.2, 0.25) is 5.91 Å². The molecule has 8 nitrogen and oxygen atoms in total. The fourth-order valence-electron chi connectivity index (χ4n) is 1.83. The van der Waals surface area contributed by atoms with Crippen LogP contribution in [0.4, 0.5) is 5.69 Å². The van der Waals surface area contributed by atoms with E-state index in [9.17, 15) is 23.1 Å². The minimum atomic E-state index is -4.44. The van der Waals surface area contributed by atoms with Crippen molar-refractivity contribution in [2.75, 3.05) is 10.8 Å². The van der Waals surface area contributed by atoms with Gasteiger partial charge in [0.15, 0.2) is 0 Å². The average Bonchev–Trinajstić information content (AvgIpc) is 2.36. The molecule has 0 aromatic heterocycles. The van der Waals surface area contributed by atoms with Gasteiger partial charge in [-0.05, 0) is 18.6 Å². The van der Waals surface area contributed by atoms with Crippen LogP contribution in [0.3, 0.4) is 0 Å². The van der Waals surface area contributed by atoms with E-state index in [1.165, 1.54) is 12.1 Å². The molecule has 0 aliphatic heterocycles. The molecule has 4 N–H and O–H groups in total. The molecule has 0 spiro atoms. The van der Waals surface area contributed by atoms with Crippen LogP contribution in [0, 0.1) is 0 Å². The van der Waals surface area contributed by atoms with Crippen LogP contribution in [0.15, 0.2) is 30.3 Å². The van der Waals surface area contributed by atoms with Gasteiger partial charge in [0.25, 0.3) is 10.1 Å². The SMILES string of the molecule is NC(=O)CCC(C(=O)O)N(CS(=O)(=O)O)c1ccccc1.[Pd]. The number of primary amides is 1. The molecule has 0 fully saturated rings. The number of para-hydroxylation sites is 1. The van der Waals surface area contributed by atoms with Gasteiger partial charge in [-0.15, -0.1) is 0 Å². The average molecular weight is 423 g/mol. The second kappa shape index (κ2) is 8.85. The zero-order valence-electron chi connectivity index (χ0n) is 11.4. The molecule has 0 bridgehead atoms. The second-order valence-corrected chi connectivity index (χ2v) is 5.80. The van der Waals surface area contributed by atoms with Crippen LogP contribution in [0.25, 0.3) is 0 Å². The monoisotopic (exact) mass is 422 g/mol. The minimum Gasteiger partial charge on any atom is -0.480 e. The standard InChI is InChI=1S/C12H16N2O6S.Pd/c13-11(15)7-6-10(12(16)17)14(8-21(18,19)20)9-4-2-1-3-5-9;/h1-5,10H,6-8H2,(H2,13,15)(H,16,17)(H,18,19,20);. The maximum atomic E-state index is 11.3.